The summed E-state index contributed by atoms with van der Waals surface area (Å²) in [5, 5.41) is 8.17. The number of amides is 2. The van der Waals surface area contributed by atoms with E-state index in [1.807, 2.05) is 0 Å². The molecule has 0 saturated heterocycles. The Labute approximate surface area is 101 Å². The van der Waals surface area contributed by atoms with Crippen molar-refractivity contribution in [3.05, 3.63) is 29.8 Å². The van der Waals surface area contributed by atoms with Crippen molar-refractivity contribution in [1.82, 2.24) is 10.6 Å². The number of hydrogen-bond acceptors (Lipinski definition) is 3. The summed E-state index contributed by atoms with van der Waals surface area (Å²) in [6.45, 7) is 0.626. The Kier molecular flexibility index (Phi) is 5.16. The first-order chi connectivity index (χ1) is 8.17. The number of rotatable bonds is 5. The van der Waals surface area contributed by atoms with Gasteiger partial charge in [0, 0.05) is 31.3 Å². The topological polar surface area (TPSA) is 70.2 Å². The van der Waals surface area contributed by atoms with Crippen LogP contribution in [-0.4, -0.2) is 32.5 Å². The minimum atomic E-state index is -0.170. The number of hydrogen-bond donors (Lipinski definition) is 3. The molecule has 0 aromatic heterocycles. The molecular weight excluding hydrogens is 218 g/mol. The Hall–Kier alpha value is -1.88. The average Bonchev–Trinajstić information content (AvgIpc) is 2.35. The van der Waals surface area contributed by atoms with Gasteiger partial charge in [-0.15, -0.1) is 0 Å². The normalized spacial score (nSPS) is 9.76. The van der Waals surface area contributed by atoms with Gasteiger partial charge < -0.3 is 16.0 Å². The molecule has 1 aromatic carbocycles. The molecule has 0 aliphatic carbocycles. The van der Waals surface area contributed by atoms with E-state index in [0.717, 1.165) is 0 Å². The number of anilines is 1. The van der Waals surface area contributed by atoms with E-state index in [4.69, 9.17) is 0 Å². The summed E-state index contributed by atoms with van der Waals surface area (Å²) in [6, 6.07) is 6.83. The highest BCUT2D eigenvalue weighted by molar-refractivity contribution is 5.97. The Morgan fingerprint density at radius 3 is 2.65 bits per heavy atom. The minimum Gasteiger partial charge on any atom is -0.355 e. The second kappa shape index (κ2) is 6.65. The van der Waals surface area contributed by atoms with Gasteiger partial charge in [-0.05, 0) is 25.2 Å². The van der Waals surface area contributed by atoms with Gasteiger partial charge in [-0.25, -0.2) is 0 Å². The van der Waals surface area contributed by atoms with Gasteiger partial charge in [0.05, 0.1) is 0 Å². The summed E-state index contributed by atoms with van der Waals surface area (Å²) >= 11 is 0. The van der Waals surface area contributed by atoms with Crippen molar-refractivity contribution in [2.75, 3.05) is 26.0 Å². The van der Waals surface area contributed by atoms with Crippen LogP contribution in [0, 0.1) is 0 Å². The van der Waals surface area contributed by atoms with Gasteiger partial charge >= 0.3 is 0 Å². The first-order valence-corrected chi connectivity index (χ1v) is 5.44. The second-order valence-corrected chi connectivity index (χ2v) is 3.56. The van der Waals surface area contributed by atoms with Crippen molar-refractivity contribution in [3.63, 3.8) is 0 Å². The standard InChI is InChI=1S/C12H17N3O2/c1-13-7-6-11(16)15-10-5-3-4-9(8-10)12(17)14-2/h3-5,8,13H,6-7H2,1-2H3,(H,14,17)(H,15,16). The lowest BCUT2D eigenvalue weighted by Crippen LogP contribution is -2.20. The van der Waals surface area contributed by atoms with Crippen LogP contribution in [-0.2, 0) is 4.79 Å². The molecule has 0 unspecified atom stereocenters. The second-order valence-electron chi connectivity index (χ2n) is 3.56. The van der Waals surface area contributed by atoms with Gasteiger partial charge in [0.25, 0.3) is 5.91 Å². The molecule has 0 spiro atoms. The molecule has 2 amide bonds. The Bertz CT molecular complexity index is 404. The molecule has 0 aliphatic rings. The van der Waals surface area contributed by atoms with Crippen molar-refractivity contribution in [2.24, 2.45) is 0 Å². The fourth-order valence-electron chi connectivity index (χ4n) is 1.34. The van der Waals surface area contributed by atoms with Gasteiger partial charge in [0.15, 0.2) is 0 Å². The molecule has 5 heteroatoms. The Balaban J connectivity index is 2.65. The minimum absolute atomic E-state index is 0.0755. The number of carbonyl (C=O) groups is 2. The molecule has 3 N–H and O–H groups in total. The number of carbonyl (C=O) groups excluding carboxylic acids is 2. The molecule has 0 atom stereocenters. The lowest BCUT2D eigenvalue weighted by molar-refractivity contribution is -0.116. The molecule has 0 saturated carbocycles. The highest BCUT2D eigenvalue weighted by Crippen LogP contribution is 2.10. The highest BCUT2D eigenvalue weighted by atomic mass is 16.2. The molecule has 17 heavy (non-hydrogen) atoms. The van der Waals surface area contributed by atoms with Crippen LogP contribution in [0.4, 0.5) is 5.69 Å². The largest absolute Gasteiger partial charge is 0.355 e. The van der Waals surface area contributed by atoms with Crippen LogP contribution in [0.1, 0.15) is 16.8 Å². The zero-order valence-corrected chi connectivity index (χ0v) is 10.0. The first kappa shape index (κ1) is 13.2. The molecule has 0 aliphatic heterocycles. The van der Waals surface area contributed by atoms with E-state index in [-0.39, 0.29) is 11.8 Å². The summed E-state index contributed by atoms with van der Waals surface area (Å²) in [6.07, 6.45) is 0.403. The van der Waals surface area contributed by atoms with E-state index in [2.05, 4.69) is 16.0 Å². The maximum Gasteiger partial charge on any atom is 0.251 e. The van der Waals surface area contributed by atoms with Gasteiger partial charge in [0.1, 0.15) is 0 Å². The fourth-order valence-corrected chi connectivity index (χ4v) is 1.34. The zero-order chi connectivity index (χ0) is 12.7. The van der Waals surface area contributed by atoms with Crippen LogP contribution in [0.2, 0.25) is 0 Å². The summed E-state index contributed by atoms with van der Waals surface area (Å²) in [5.74, 6) is -0.246. The SMILES string of the molecule is CNCCC(=O)Nc1cccc(C(=O)NC)c1. The average molecular weight is 235 g/mol. The predicted molar refractivity (Wildman–Crippen MR) is 67.0 cm³/mol. The summed E-state index contributed by atoms with van der Waals surface area (Å²) in [4.78, 5) is 22.9. The number of nitrogens with one attached hydrogen (secondary N) is 3. The van der Waals surface area contributed by atoms with Crippen LogP contribution in [0.5, 0.6) is 0 Å². The van der Waals surface area contributed by atoms with Crippen LogP contribution < -0.4 is 16.0 Å². The third-order valence-electron chi connectivity index (χ3n) is 2.24. The van der Waals surface area contributed by atoms with Crippen LogP contribution >= 0.6 is 0 Å². The van der Waals surface area contributed by atoms with E-state index < -0.39 is 0 Å². The monoisotopic (exact) mass is 235 g/mol. The van der Waals surface area contributed by atoms with Crippen LogP contribution in [0.3, 0.4) is 0 Å². The molecule has 5 nitrogen and oxygen atoms in total. The van der Waals surface area contributed by atoms with Gasteiger partial charge in [-0.3, -0.25) is 9.59 Å². The summed E-state index contributed by atoms with van der Waals surface area (Å²) < 4.78 is 0. The molecular formula is C12H17N3O2. The lowest BCUT2D eigenvalue weighted by Gasteiger charge is -2.06. The Morgan fingerprint density at radius 2 is 2.00 bits per heavy atom. The molecule has 92 valence electrons. The van der Waals surface area contributed by atoms with Crippen molar-refractivity contribution in [3.8, 4) is 0 Å². The zero-order valence-electron chi connectivity index (χ0n) is 10.0. The highest BCUT2D eigenvalue weighted by Gasteiger charge is 2.05. The fraction of sp³-hybridized carbons (Fsp3) is 0.333. The summed E-state index contributed by atoms with van der Waals surface area (Å²) in [5.41, 5.74) is 1.16. The lowest BCUT2D eigenvalue weighted by atomic mass is 10.2. The third kappa shape index (κ3) is 4.24. The van der Waals surface area contributed by atoms with Crippen molar-refractivity contribution in [2.45, 2.75) is 6.42 Å². The summed E-state index contributed by atoms with van der Waals surface area (Å²) in [7, 11) is 3.36. The smallest absolute Gasteiger partial charge is 0.251 e. The quantitative estimate of drug-likeness (QED) is 0.699. The predicted octanol–water partition coefficient (Wildman–Crippen LogP) is 0.594. The van der Waals surface area contributed by atoms with Crippen LogP contribution in [0.25, 0.3) is 0 Å². The third-order valence-corrected chi connectivity index (χ3v) is 2.24. The molecule has 0 heterocycles. The van der Waals surface area contributed by atoms with E-state index >= 15 is 0 Å². The van der Waals surface area contributed by atoms with Gasteiger partial charge in [-0.1, -0.05) is 6.07 Å². The van der Waals surface area contributed by atoms with Crippen LogP contribution in [0.15, 0.2) is 24.3 Å². The van der Waals surface area contributed by atoms with Crippen molar-refractivity contribution < 1.29 is 9.59 Å². The maximum atomic E-state index is 11.5. The van der Waals surface area contributed by atoms with Crippen molar-refractivity contribution in [1.29, 1.82) is 0 Å². The number of benzene rings is 1. The molecule has 0 fully saturated rings. The van der Waals surface area contributed by atoms with Crippen molar-refractivity contribution >= 4 is 17.5 Å². The van der Waals surface area contributed by atoms with Gasteiger partial charge in [0.2, 0.25) is 5.91 Å². The molecule has 1 aromatic rings. The molecule has 0 bridgehead atoms. The molecule has 1 rings (SSSR count). The molecule has 0 radical (unpaired) electrons. The maximum absolute atomic E-state index is 11.5. The van der Waals surface area contributed by atoms with Gasteiger partial charge in [-0.2, -0.15) is 0 Å². The van der Waals surface area contributed by atoms with E-state index in [1.54, 1.807) is 38.4 Å². The Morgan fingerprint density at radius 1 is 1.24 bits per heavy atom. The van der Waals surface area contributed by atoms with E-state index in [9.17, 15) is 9.59 Å². The van der Waals surface area contributed by atoms with E-state index in [1.165, 1.54) is 0 Å². The van der Waals surface area contributed by atoms with E-state index in [0.29, 0.717) is 24.2 Å². The first-order valence-electron chi connectivity index (χ1n) is 5.44.